The smallest absolute Gasteiger partial charge is 0.265 e. The van der Waals surface area contributed by atoms with Crippen LogP contribution in [0.3, 0.4) is 0 Å². The zero-order chi connectivity index (χ0) is 18.0. The molecule has 0 aliphatic heterocycles. The fourth-order valence-corrected chi connectivity index (χ4v) is 4.45. The Labute approximate surface area is 142 Å². The minimum Gasteiger partial charge on any atom is -0.495 e. The molecule has 0 radical (unpaired) electrons. The highest BCUT2D eigenvalue weighted by atomic mass is 32.2. The highest BCUT2D eigenvalue weighted by Gasteiger charge is 2.25. The van der Waals surface area contributed by atoms with E-state index in [1.165, 1.54) is 33.1 Å². The minimum atomic E-state index is -4.00. The standard InChI is InChI=1S/C16H19NO5S2/c1-12(2)23(18,19)14-9-10-15(22-3)16(11-14)24(20,21)17-13-7-5-4-6-8-13/h4-12,17H,1-3H3. The number of ether oxygens (including phenoxy) is 1. The van der Waals surface area contributed by atoms with Crippen LogP contribution in [0.5, 0.6) is 5.75 Å². The number of benzene rings is 2. The first-order chi connectivity index (χ1) is 11.2. The summed E-state index contributed by atoms with van der Waals surface area (Å²) in [6.07, 6.45) is 0. The van der Waals surface area contributed by atoms with Gasteiger partial charge in [-0.1, -0.05) is 18.2 Å². The molecule has 0 spiro atoms. The maximum atomic E-state index is 12.6. The number of nitrogens with one attached hydrogen (secondary N) is 1. The average Bonchev–Trinajstić information content (AvgIpc) is 2.54. The van der Waals surface area contributed by atoms with Crippen molar-refractivity contribution in [1.82, 2.24) is 0 Å². The second kappa shape index (κ2) is 6.82. The zero-order valence-corrected chi connectivity index (χ0v) is 15.2. The number of para-hydroxylation sites is 1. The van der Waals surface area contributed by atoms with Gasteiger partial charge in [0.25, 0.3) is 10.0 Å². The van der Waals surface area contributed by atoms with Gasteiger partial charge in [0.2, 0.25) is 0 Å². The lowest BCUT2D eigenvalue weighted by Gasteiger charge is -2.14. The van der Waals surface area contributed by atoms with E-state index in [0.717, 1.165) is 6.07 Å². The molecular weight excluding hydrogens is 350 g/mol. The van der Waals surface area contributed by atoms with Gasteiger partial charge in [0.1, 0.15) is 10.6 Å². The first kappa shape index (κ1) is 18.3. The van der Waals surface area contributed by atoms with Crippen LogP contribution in [0.4, 0.5) is 5.69 Å². The molecule has 0 aliphatic rings. The number of methoxy groups -OCH3 is 1. The van der Waals surface area contributed by atoms with Gasteiger partial charge in [0.05, 0.1) is 17.3 Å². The molecule has 2 aromatic carbocycles. The predicted molar refractivity (Wildman–Crippen MR) is 92.6 cm³/mol. The van der Waals surface area contributed by atoms with Gasteiger partial charge in [-0.15, -0.1) is 0 Å². The minimum absolute atomic E-state index is 0.0632. The number of anilines is 1. The first-order valence-corrected chi connectivity index (χ1v) is 10.2. The van der Waals surface area contributed by atoms with Crippen LogP contribution in [-0.4, -0.2) is 29.2 Å². The Kier molecular flexibility index (Phi) is 5.19. The van der Waals surface area contributed by atoms with Gasteiger partial charge in [0.15, 0.2) is 9.84 Å². The van der Waals surface area contributed by atoms with E-state index in [0.29, 0.717) is 5.69 Å². The molecule has 0 unspecified atom stereocenters. The van der Waals surface area contributed by atoms with Crippen LogP contribution in [0.15, 0.2) is 58.3 Å². The predicted octanol–water partition coefficient (Wildman–Crippen LogP) is 2.68. The molecule has 0 bridgehead atoms. The van der Waals surface area contributed by atoms with E-state index < -0.39 is 25.1 Å². The van der Waals surface area contributed by atoms with Crippen molar-refractivity contribution in [1.29, 1.82) is 0 Å². The number of sulfone groups is 1. The monoisotopic (exact) mass is 369 g/mol. The summed E-state index contributed by atoms with van der Waals surface area (Å²) in [7, 11) is -6.28. The second-order valence-electron chi connectivity index (χ2n) is 5.38. The molecule has 6 nitrogen and oxygen atoms in total. The van der Waals surface area contributed by atoms with Crippen LogP contribution in [-0.2, 0) is 19.9 Å². The Morgan fingerprint density at radius 2 is 1.58 bits per heavy atom. The van der Waals surface area contributed by atoms with Crippen LogP contribution in [0.25, 0.3) is 0 Å². The van der Waals surface area contributed by atoms with Gasteiger partial charge in [0, 0.05) is 5.69 Å². The molecule has 8 heteroatoms. The molecule has 0 saturated carbocycles. The van der Waals surface area contributed by atoms with Gasteiger partial charge in [-0.3, -0.25) is 4.72 Å². The molecule has 0 aliphatic carbocycles. The molecule has 0 atom stereocenters. The Bertz CT molecular complexity index is 920. The van der Waals surface area contributed by atoms with Gasteiger partial charge in [-0.25, -0.2) is 16.8 Å². The third kappa shape index (κ3) is 3.70. The Morgan fingerprint density at radius 1 is 0.958 bits per heavy atom. The molecule has 2 rings (SSSR count). The third-order valence-electron chi connectivity index (χ3n) is 3.40. The van der Waals surface area contributed by atoms with Crippen molar-refractivity contribution in [3.05, 3.63) is 48.5 Å². The summed E-state index contributed by atoms with van der Waals surface area (Å²) in [6, 6.07) is 12.1. The third-order valence-corrected chi connectivity index (χ3v) is 6.95. The highest BCUT2D eigenvalue weighted by molar-refractivity contribution is 7.93. The van der Waals surface area contributed by atoms with Crippen molar-refractivity contribution in [2.75, 3.05) is 11.8 Å². The summed E-state index contributed by atoms with van der Waals surface area (Å²) in [5, 5.41) is -0.663. The molecule has 0 heterocycles. The largest absolute Gasteiger partial charge is 0.495 e. The van der Waals surface area contributed by atoms with Gasteiger partial charge in [-0.05, 0) is 44.2 Å². The summed E-state index contributed by atoms with van der Waals surface area (Å²) in [4.78, 5) is -0.290. The lowest BCUT2D eigenvalue weighted by Crippen LogP contribution is -2.17. The normalized spacial score (nSPS) is 12.2. The topological polar surface area (TPSA) is 89.5 Å². The summed E-state index contributed by atoms with van der Waals surface area (Å²) in [5.74, 6) is 0.0705. The van der Waals surface area contributed by atoms with Crippen LogP contribution in [0.2, 0.25) is 0 Å². The molecule has 0 amide bonds. The second-order valence-corrected chi connectivity index (χ2v) is 9.53. The molecule has 0 aromatic heterocycles. The SMILES string of the molecule is COc1ccc(S(=O)(=O)C(C)C)cc1S(=O)(=O)Nc1ccccc1. The van der Waals surface area contributed by atoms with Crippen LogP contribution in [0, 0.1) is 0 Å². The van der Waals surface area contributed by atoms with Gasteiger partial charge < -0.3 is 4.74 Å². The Balaban J connectivity index is 2.55. The van der Waals surface area contributed by atoms with Gasteiger partial charge in [-0.2, -0.15) is 0 Å². The summed E-state index contributed by atoms with van der Waals surface area (Å²) in [6.45, 7) is 3.08. The highest BCUT2D eigenvalue weighted by Crippen LogP contribution is 2.29. The lowest BCUT2D eigenvalue weighted by atomic mass is 10.3. The van der Waals surface area contributed by atoms with E-state index in [1.54, 1.807) is 30.3 Å². The molecule has 0 saturated heterocycles. The maximum Gasteiger partial charge on any atom is 0.265 e. The molecule has 24 heavy (non-hydrogen) atoms. The first-order valence-electron chi connectivity index (χ1n) is 7.18. The van der Waals surface area contributed by atoms with Crippen molar-refractivity contribution >= 4 is 25.5 Å². The lowest BCUT2D eigenvalue weighted by molar-refractivity contribution is 0.402. The number of sulfonamides is 1. The molecular formula is C16H19NO5S2. The molecule has 130 valence electrons. The van der Waals surface area contributed by atoms with Crippen LogP contribution < -0.4 is 9.46 Å². The Hall–Kier alpha value is -2.06. The van der Waals surface area contributed by atoms with Crippen molar-refractivity contribution < 1.29 is 21.6 Å². The van der Waals surface area contributed by atoms with Crippen molar-refractivity contribution in [2.24, 2.45) is 0 Å². The quantitative estimate of drug-likeness (QED) is 0.845. The molecule has 1 N–H and O–H groups in total. The fraction of sp³-hybridized carbons (Fsp3) is 0.250. The zero-order valence-electron chi connectivity index (χ0n) is 13.6. The molecule has 0 fully saturated rings. The summed E-state index contributed by atoms with van der Waals surface area (Å²) >= 11 is 0. The van der Waals surface area contributed by atoms with E-state index >= 15 is 0 Å². The van der Waals surface area contributed by atoms with E-state index in [4.69, 9.17) is 4.74 Å². The van der Waals surface area contributed by atoms with Crippen molar-refractivity contribution in [2.45, 2.75) is 28.9 Å². The Morgan fingerprint density at radius 3 is 2.12 bits per heavy atom. The van der Waals surface area contributed by atoms with E-state index in [2.05, 4.69) is 4.72 Å². The number of hydrogen-bond acceptors (Lipinski definition) is 5. The van der Waals surface area contributed by atoms with E-state index in [-0.39, 0.29) is 15.5 Å². The van der Waals surface area contributed by atoms with E-state index in [1.807, 2.05) is 0 Å². The summed E-state index contributed by atoms with van der Waals surface area (Å²) < 4.78 is 57.4. The van der Waals surface area contributed by atoms with E-state index in [9.17, 15) is 16.8 Å². The van der Waals surface area contributed by atoms with Crippen molar-refractivity contribution in [3.8, 4) is 5.75 Å². The fourth-order valence-electron chi connectivity index (χ4n) is 2.03. The number of hydrogen-bond donors (Lipinski definition) is 1. The van der Waals surface area contributed by atoms with Crippen LogP contribution >= 0.6 is 0 Å². The maximum absolute atomic E-state index is 12.6. The van der Waals surface area contributed by atoms with Crippen LogP contribution in [0.1, 0.15) is 13.8 Å². The van der Waals surface area contributed by atoms with Gasteiger partial charge >= 0.3 is 0 Å². The van der Waals surface area contributed by atoms with Crippen molar-refractivity contribution in [3.63, 3.8) is 0 Å². The summed E-state index contributed by atoms with van der Waals surface area (Å²) in [5.41, 5.74) is 0.372. The average molecular weight is 369 g/mol. The molecule has 2 aromatic rings. The number of rotatable bonds is 6.